The smallest absolute Gasteiger partial charge is 0.250 e. The van der Waals surface area contributed by atoms with Gasteiger partial charge in [-0.2, -0.15) is 0 Å². The van der Waals surface area contributed by atoms with Crippen molar-refractivity contribution in [3.05, 3.63) is 17.0 Å². The van der Waals surface area contributed by atoms with Gasteiger partial charge in [0.05, 0.1) is 6.10 Å². The molecule has 5 nitrogen and oxygen atoms in total. The molecule has 1 unspecified atom stereocenters. The molecule has 0 saturated carbocycles. The van der Waals surface area contributed by atoms with Gasteiger partial charge in [-0.15, -0.1) is 11.3 Å². The third kappa shape index (κ3) is 5.58. The number of hydrogen-bond donors (Lipinski definition) is 2. The third-order valence-corrected chi connectivity index (χ3v) is 5.48. The van der Waals surface area contributed by atoms with Gasteiger partial charge in [0.1, 0.15) is 4.21 Å². The van der Waals surface area contributed by atoms with Crippen LogP contribution in [0.1, 0.15) is 26.3 Å². The van der Waals surface area contributed by atoms with Crippen LogP contribution in [0.15, 0.2) is 15.7 Å². The highest BCUT2D eigenvalue weighted by atomic mass is 32.2. The van der Waals surface area contributed by atoms with Gasteiger partial charge in [-0.3, -0.25) is 0 Å². The molecule has 1 aromatic rings. The minimum Gasteiger partial charge on any atom is -0.380 e. The van der Waals surface area contributed by atoms with Gasteiger partial charge in [0, 0.05) is 26.2 Å². The highest BCUT2D eigenvalue weighted by Gasteiger charge is 2.17. The van der Waals surface area contributed by atoms with Crippen LogP contribution >= 0.6 is 11.3 Å². The zero-order valence-electron chi connectivity index (χ0n) is 11.8. The van der Waals surface area contributed by atoms with Crippen molar-refractivity contribution in [2.75, 3.05) is 13.7 Å². The summed E-state index contributed by atoms with van der Waals surface area (Å²) in [7, 11) is -1.87. The molecule has 110 valence electrons. The summed E-state index contributed by atoms with van der Waals surface area (Å²) < 4.78 is 32.0. The molecule has 0 saturated heterocycles. The number of hydrogen-bond acceptors (Lipinski definition) is 5. The average Bonchev–Trinajstić information content (AvgIpc) is 2.83. The van der Waals surface area contributed by atoms with Crippen LogP contribution in [-0.4, -0.2) is 34.2 Å². The van der Waals surface area contributed by atoms with Crippen molar-refractivity contribution in [3.8, 4) is 0 Å². The molecule has 0 radical (unpaired) electrons. The van der Waals surface area contributed by atoms with Gasteiger partial charge in [-0.1, -0.05) is 13.8 Å². The molecule has 2 N–H and O–H groups in total. The van der Waals surface area contributed by atoms with E-state index < -0.39 is 10.0 Å². The molecule has 0 aliphatic rings. The Morgan fingerprint density at radius 3 is 2.63 bits per heavy atom. The Bertz CT molecular complexity index is 483. The maximum atomic E-state index is 12.0. The van der Waals surface area contributed by atoms with Crippen molar-refractivity contribution in [3.63, 3.8) is 0 Å². The first-order valence-electron chi connectivity index (χ1n) is 6.18. The Morgan fingerprint density at radius 2 is 2.05 bits per heavy atom. The van der Waals surface area contributed by atoms with E-state index in [1.165, 1.54) is 11.3 Å². The summed E-state index contributed by atoms with van der Waals surface area (Å²) in [6.07, 6.45) is -0.142. The molecule has 0 bridgehead atoms. The average molecular weight is 306 g/mol. The van der Waals surface area contributed by atoms with Crippen LogP contribution in [0.2, 0.25) is 0 Å². The van der Waals surface area contributed by atoms with E-state index in [1.807, 2.05) is 12.3 Å². The van der Waals surface area contributed by atoms with Crippen molar-refractivity contribution < 1.29 is 13.2 Å². The normalized spacial score (nSPS) is 13.9. The van der Waals surface area contributed by atoms with Crippen LogP contribution in [0.3, 0.4) is 0 Å². The Balaban J connectivity index is 2.63. The Morgan fingerprint density at radius 1 is 1.37 bits per heavy atom. The number of nitrogens with one attached hydrogen (secondary N) is 2. The Kier molecular flexibility index (Phi) is 6.41. The van der Waals surface area contributed by atoms with Crippen LogP contribution in [0, 0.1) is 0 Å². The summed E-state index contributed by atoms with van der Waals surface area (Å²) >= 11 is 1.24. The Labute approximate surface area is 119 Å². The molecule has 0 spiro atoms. The maximum absolute atomic E-state index is 12.0. The number of methoxy groups -OCH3 is 1. The summed E-state index contributed by atoms with van der Waals surface area (Å²) in [6.45, 7) is 6.87. The first-order valence-corrected chi connectivity index (χ1v) is 8.54. The fraction of sp³-hybridized carbons (Fsp3) is 0.667. The molecule has 7 heteroatoms. The maximum Gasteiger partial charge on any atom is 0.250 e. The SMILES string of the molecule is COC(C)CNS(=O)(=O)c1cc(CNC(C)C)cs1. The van der Waals surface area contributed by atoms with Gasteiger partial charge in [0.25, 0.3) is 0 Å². The molecule has 1 rings (SSSR count). The monoisotopic (exact) mass is 306 g/mol. The van der Waals surface area contributed by atoms with Crippen molar-refractivity contribution in [1.29, 1.82) is 0 Å². The van der Waals surface area contributed by atoms with Crippen LogP contribution in [0.5, 0.6) is 0 Å². The largest absolute Gasteiger partial charge is 0.380 e. The van der Waals surface area contributed by atoms with Gasteiger partial charge < -0.3 is 10.1 Å². The molecular formula is C12H22N2O3S2. The molecule has 19 heavy (non-hydrogen) atoms. The lowest BCUT2D eigenvalue weighted by atomic mass is 10.3. The second-order valence-electron chi connectivity index (χ2n) is 4.71. The first-order chi connectivity index (χ1) is 8.85. The summed E-state index contributed by atoms with van der Waals surface area (Å²) in [5.41, 5.74) is 0.985. The van der Waals surface area contributed by atoms with E-state index in [-0.39, 0.29) is 12.6 Å². The van der Waals surface area contributed by atoms with Gasteiger partial charge in [0.15, 0.2) is 0 Å². The lowest BCUT2D eigenvalue weighted by molar-refractivity contribution is 0.122. The standard InChI is InChI=1S/C12H22N2O3S2/c1-9(2)13-7-11-5-12(18-8-11)19(15,16)14-6-10(3)17-4/h5,8-10,13-14H,6-7H2,1-4H3. The lowest BCUT2D eigenvalue weighted by Crippen LogP contribution is -2.31. The number of thiophene rings is 1. The zero-order chi connectivity index (χ0) is 14.5. The number of rotatable bonds is 8. The van der Waals surface area contributed by atoms with Crippen molar-refractivity contribution in [2.45, 2.75) is 43.7 Å². The zero-order valence-corrected chi connectivity index (χ0v) is 13.4. The number of ether oxygens (including phenoxy) is 1. The van der Waals surface area contributed by atoms with E-state index in [2.05, 4.69) is 23.9 Å². The van der Waals surface area contributed by atoms with Crippen molar-refractivity contribution in [2.24, 2.45) is 0 Å². The van der Waals surface area contributed by atoms with Crippen LogP contribution < -0.4 is 10.0 Å². The fourth-order valence-electron chi connectivity index (χ4n) is 1.29. The second kappa shape index (κ2) is 7.35. The molecule has 0 aromatic carbocycles. The summed E-state index contributed by atoms with van der Waals surface area (Å²) in [5, 5.41) is 5.12. The summed E-state index contributed by atoms with van der Waals surface area (Å²) in [5.74, 6) is 0. The van der Waals surface area contributed by atoms with Crippen LogP contribution in [-0.2, 0) is 21.3 Å². The summed E-state index contributed by atoms with van der Waals surface area (Å²) in [6, 6.07) is 2.08. The number of sulfonamides is 1. The van der Waals surface area contributed by atoms with Gasteiger partial charge in [-0.25, -0.2) is 13.1 Å². The summed E-state index contributed by atoms with van der Waals surface area (Å²) in [4.78, 5) is 0. The quantitative estimate of drug-likeness (QED) is 0.765. The molecule has 1 aromatic heterocycles. The van der Waals surface area contributed by atoms with Gasteiger partial charge in [-0.05, 0) is 23.9 Å². The van der Waals surface area contributed by atoms with E-state index in [0.29, 0.717) is 16.8 Å². The fourth-order valence-corrected chi connectivity index (χ4v) is 3.66. The van der Waals surface area contributed by atoms with Crippen molar-refractivity contribution in [1.82, 2.24) is 10.0 Å². The van der Waals surface area contributed by atoms with E-state index >= 15 is 0 Å². The first kappa shape index (κ1) is 16.6. The van der Waals surface area contributed by atoms with Gasteiger partial charge in [0.2, 0.25) is 10.0 Å². The van der Waals surface area contributed by atoms with E-state index in [4.69, 9.17) is 4.74 Å². The molecule has 0 fully saturated rings. The predicted molar refractivity (Wildman–Crippen MR) is 78.0 cm³/mol. The predicted octanol–water partition coefficient (Wildman–Crippen LogP) is 1.56. The highest BCUT2D eigenvalue weighted by molar-refractivity contribution is 7.91. The lowest BCUT2D eigenvalue weighted by Gasteiger charge is -2.10. The van der Waals surface area contributed by atoms with Gasteiger partial charge >= 0.3 is 0 Å². The molecule has 0 amide bonds. The van der Waals surface area contributed by atoms with E-state index in [1.54, 1.807) is 13.2 Å². The van der Waals surface area contributed by atoms with Crippen molar-refractivity contribution >= 4 is 21.4 Å². The van der Waals surface area contributed by atoms with Crippen LogP contribution in [0.25, 0.3) is 0 Å². The minimum atomic E-state index is -3.42. The topological polar surface area (TPSA) is 67.4 Å². The second-order valence-corrected chi connectivity index (χ2v) is 7.61. The molecule has 1 atom stereocenters. The molecule has 1 heterocycles. The molecule has 0 aliphatic heterocycles. The molecular weight excluding hydrogens is 284 g/mol. The minimum absolute atomic E-state index is 0.142. The molecule has 0 aliphatic carbocycles. The highest BCUT2D eigenvalue weighted by Crippen LogP contribution is 2.20. The van der Waals surface area contributed by atoms with E-state index in [9.17, 15) is 8.42 Å². The third-order valence-electron chi connectivity index (χ3n) is 2.57. The van der Waals surface area contributed by atoms with Crippen LogP contribution in [0.4, 0.5) is 0 Å². The van der Waals surface area contributed by atoms with E-state index in [0.717, 1.165) is 5.56 Å². The Hall–Kier alpha value is -0.470.